The predicted molar refractivity (Wildman–Crippen MR) is 83.9 cm³/mol. The first-order valence-corrected chi connectivity index (χ1v) is 7.58. The fourth-order valence-corrected chi connectivity index (χ4v) is 3.42. The van der Waals surface area contributed by atoms with E-state index in [0.29, 0.717) is 17.0 Å². The number of hydrogen-bond acceptors (Lipinski definition) is 1. The SMILES string of the molecule is NC(Cc1c(F)cccc1Cl)c1cc(Br)cc(Br)c1. The van der Waals surface area contributed by atoms with Gasteiger partial charge in [-0.05, 0) is 42.3 Å². The van der Waals surface area contributed by atoms with Gasteiger partial charge in [-0.3, -0.25) is 0 Å². The maximum atomic E-state index is 13.7. The molecule has 0 aliphatic heterocycles. The molecule has 0 aromatic heterocycles. The number of rotatable bonds is 3. The molecule has 0 amide bonds. The number of nitrogens with two attached hydrogens (primary N) is 1. The second kappa shape index (κ2) is 6.35. The van der Waals surface area contributed by atoms with E-state index in [1.165, 1.54) is 6.07 Å². The quantitative estimate of drug-likeness (QED) is 0.739. The van der Waals surface area contributed by atoms with E-state index in [2.05, 4.69) is 31.9 Å². The van der Waals surface area contributed by atoms with Crippen LogP contribution in [0.4, 0.5) is 4.39 Å². The highest BCUT2D eigenvalue weighted by Crippen LogP contribution is 2.28. The minimum atomic E-state index is -0.322. The largest absolute Gasteiger partial charge is 0.324 e. The van der Waals surface area contributed by atoms with E-state index in [1.807, 2.05) is 18.2 Å². The molecule has 0 heterocycles. The number of hydrogen-bond donors (Lipinski definition) is 1. The van der Waals surface area contributed by atoms with Gasteiger partial charge in [-0.1, -0.05) is 49.5 Å². The molecule has 1 unspecified atom stereocenters. The van der Waals surface area contributed by atoms with Crippen molar-refractivity contribution in [1.29, 1.82) is 0 Å². The third-order valence-corrected chi connectivity index (χ3v) is 4.07. The zero-order valence-electron chi connectivity index (χ0n) is 9.84. The highest BCUT2D eigenvalue weighted by atomic mass is 79.9. The van der Waals surface area contributed by atoms with Gasteiger partial charge in [0.05, 0.1) is 0 Å². The first kappa shape index (κ1) is 15.0. The third-order valence-electron chi connectivity index (χ3n) is 2.80. The molecule has 5 heteroatoms. The van der Waals surface area contributed by atoms with Crippen LogP contribution in [0.2, 0.25) is 5.02 Å². The second-order valence-electron chi connectivity index (χ2n) is 4.21. The normalized spacial score (nSPS) is 12.5. The van der Waals surface area contributed by atoms with Crippen LogP contribution in [0.5, 0.6) is 0 Å². The molecule has 2 N–H and O–H groups in total. The topological polar surface area (TPSA) is 26.0 Å². The molecule has 0 aliphatic rings. The second-order valence-corrected chi connectivity index (χ2v) is 6.45. The van der Waals surface area contributed by atoms with Crippen LogP contribution < -0.4 is 5.73 Å². The molecular formula is C14H11Br2ClFN. The summed E-state index contributed by atoms with van der Waals surface area (Å²) < 4.78 is 15.6. The summed E-state index contributed by atoms with van der Waals surface area (Å²) in [6.07, 6.45) is 0.356. The molecule has 100 valence electrons. The molecule has 0 aliphatic carbocycles. The van der Waals surface area contributed by atoms with E-state index in [9.17, 15) is 4.39 Å². The minimum Gasteiger partial charge on any atom is -0.324 e. The average molecular weight is 408 g/mol. The number of halogens is 4. The van der Waals surface area contributed by atoms with Gasteiger partial charge in [0, 0.05) is 25.6 Å². The summed E-state index contributed by atoms with van der Waals surface area (Å²) >= 11 is 12.8. The van der Waals surface area contributed by atoms with Crippen molar-refractivity contribution >= 4 is 43.5 Å². The van der Waals surface area contributed by atoms with Gasteiger partial charge in [0.1, 0.15) is 5.82 Å². The molecular weight excluding hydrogens is 396 g/mol. The van der Waals surface area contributed by atoms with Gasteiger partial charge in [0.25, 0.3) is 0 Å². The van der Waals surface area contributed by atoms with Crippen molar-refractivity contribution in [2.24, 2.45) is 5.73 Å². The van der Waals surface area contributed by atoms with Crippen LogP contribution in [0.25, 0.3) is 0 Å². The Hall–Kier alpha value is -0.420. The van der Waals surface area contributed by atoms with Crippen molar-refractivity contribution in [1.82, 2.24) is 0 Å². The summed E-state index contributed by atoms with van der Waals surface area (Å²) in [6.45, 7) is 0. The number of benzene rings is 2. The Kier molecular flexibility index (Phi) is 5.01. The van der Waals surface area contributed by atoms with Gasteiger partial charge in [0.2, 0.25) is 0 Å². The molecule has 0 fully saturated rings. The molecule has 0 spiro atoms. The molecule has 1 atom stereocenters. The molecule has 2 aromatic rings. The molecule has 0 saturated carbocycles. The van der Waals surface area contributed by atoms with E-state index < -0.39 is 0 Å². The van der Waals surface area contributed by atoms with Crippen LogP contribution in [-0.2, 0) is 6.42 Å². The molecule has 2 aromatic carbocycles. The molecule has 2 rings (SSSR count). The van der Waals surface area contributed by atoms with Crippen molar-refractivity contribution < 1.29 is 4.39 Å². The van der Waals surface area contributed by atoms with Crippen LogP contribution in [0.15, 0.2) is 45.3 Å². The molecule has 0 saturated heterocycles. The summed E-state index contributed by atoms with van der Waals surface area (Å²) in [6, 6.07) is 10.1. The van der Waals surface area contributed by atoms with Crippen molar-refractivity contribution in [2.75, 3.05) is 0 Å². The highest BCUT2D eigenvalue weighted by Gasteiger charge is 2.14. The predicted octanol–water partition coefficient (Wildman–Crippen LogP) is 5.25. The first-order valence-electron chi connectivity index (χ1n) is 5.62. The van der Waals surface area contributed by atoms with Crippen LogP contribution in [0.1, 0.15) is 17.2 Å². The zero-order valence-corrected chi connectivity index (χ0v) is 13.8. The van der Waals surface area contributed by atoms with Crippen molar-refractivity contribution in [3.8, 4) is 0 Å². The lowest BCUT2D eigenvalue weighted by molar-refractivity contribution is 0.593. The Labute approximate surface area is 133 Å². The van der Waals surface area contributed by atoms with E-state index >= 15 is 0 Å². The van der Waals surface area contributed by atoms with E-state index in [1.54, 1.807) is 12.1 Å². The Morgan fingerprint density at radius 1 is 1.16 bits per heavy atom. The monoisotopic (exact) mass is 405 g/mol. The highest BCUT2D eigenvalue weighted by molar-refractivity contribution is 9.11. The van der Waals surface area contributed by atoms with E-state index in [0.717, 1.165) is 14.5 Å². The lowest BCUT2D eigenvalue weighted by Crippen LogP contribution is -2.14. The Balaban J connectivity index is 2.28. The maximum Gasteiger partial charge on any atom is 0.127 e. The molecule has 1 nitrogen and oxygen atoms in total. The molecule has 0 bridgehead atoms. The van der Waals surface area contributed by atoms with Crippen LogP contribution in [-0.4, -0.2) is 0 Å². The van der Waals surface area contributed by atoms with E-state index in [-0.39, 0.29) is 11.9 Å². The smallest absolute Gasteiger partial charge is 0.127 e. The van der Waals surface area contributed by atoms with Gasteiger partial charge in [0.15, 0.2) is 0 Å². The van der Waals surface area contributed by atoms with Crippen LogP contribution in [0.3, 0.4) is 0 Å². The Morgan fingerprint density at radius 2 is 1.79 bits per heavy atom. The summed E-state index contributed by atoms with van der Waals surface area (Å²) in [4.78, 5) is 0. The lowest BCUT2D eigenvalue weighted by atomic mass is 9.99. The zero-order chi connectivity index (χ0) is 14.0. The molecule has 0 radical (unpaired) electrons. The first-order chi connectivity index (χ1) is 8.97. The Bertz CT molecular complexity index is 563. The fraction of sp³-hybridized carbons (Fsp3) is 0.143. The van der Waals surface area contributed by atoms with Crippen molar-refractivity contribution in [2.45, 2.75) is 12.5 Å². The van der Waals surface area contributed by atoms with Gasteiger partial charge in [-0.2, -0.15) is 0 Å². The standard InChI is InChI=1S/C14H11Br2ClFN/c15-9-4-8(5-10(16)6-9)14(19)7-11-12(17)2-1-3-13(11)18/h1-6,14H,7,19H2. The summed E-state index contributed by atoms with van der Waals surface area (Å²) in [5, 5.41) is 0.407. The maximum absolute atomic E-state index is 13.7. The summed E-state index contributed by atoms with van der Waals surface area (Å²) in [5.74, 6) is -0.322. The average Bonchev–Trinajstić information content (AvgIpc) is 2.32. The van der Waals surface area contributed by atoms with Crippen LogP contribution in [0, 0.1) is 5.82 Å². The Morgan fingerprint density at radius 3 is 2.37 bits per heavy atom. The summed E-state index contributed by atoms with van der Waals surface area (Å²) in [7, 11) is 0. The van der Waals surface area contributed by atoms with Gasteiger partial charge < -0.3 is 5.73 Å². The fourth-order valence-electron chi connectivity index (χ4n) is 1.85. The van der Waals surface area contributed by atoms with Gasteiger partial charge in [-0.25, -0.2) is 4.39 Å². The summed E-state index contributed by atoms with van der Waals surface area (Å²) in [5.41, 5.74) is 7.50. The van der Waals surface area contributed by atoms with Gasteiger partial charge >= 0.3 is 0 Å². The van der Waals surface area contributed by atoms with Crippen molar-refractivity contribution in [3.63, 3.8) is 0 Å². The third kappa shape index (κ3) is 3.78. The van der Waals surface area contributed by atoms with E-state index in [4.69, 9.17) is 17.3 Å². The van der Waals surface area contributed by atoms with Crippen LogP contribution >= 0.6 is 43.5 Å². The molecule has 19 heavy (non-hydrogen) atoms. The lowest BCUT2D eigenvalue weighted by Gasteiger charge is -2.14. The van der Waals surface area contributed by atoms with Crippen molar-refractivity contribution in [3.05, 3.63) is 67.3 Å². The minimum absolute atomic E-state index is 0.316. The van der Waals surface area contributed by atoms with Gasteiger partial charge in [-0.15, -0.1) is 0 Å².